The second kappa shape index (κ2) is 6.52. The smallest absolute Gasteiger partial charge is 0.277 e. The Morgan fingerprint density at radius 2 is 1.55 bits per heavy atom. The average molecular weight is 389 g/mol. The Kier molecular flexibility index (Phi) is 4.11. The monoisotopic (exact) mass is 389 g/mol. The van der Waals surface area contributed by atoms with Crippen molar-refractivity contribution in [3.63, 3.8) is 0 Å². The number of anilines is 1. The Balaban J connectivity index is 1.84. The summed E-state index contributed by atoms with van der Waals surface area (Å²) in [6, 6.07) is 13.4. The molecule has 0 fully saturated rings. The third-order valence-electron chi connectivity index (χ3n) is 4.86. The van der Waals surface area contributed by atoms with Crippen LogP contribution in [0.3, 0.4) is 0 Å². The van der Waals surface area contributed by atoms with Gasteiger partial charge in [0.25, 0.3) is 23.4 Å². The lowest BCUT2D eigenvalue weighted by atomic mass is 9.92. The molecule has 1 aliphatic rings. The molecule has 4 rings (SSSR count). The molecule has 29 heavy (non-hydrogen) atoms. The third kappa shape index (κ3) is 2.73. The van der Waals surface area contributed by atoms with Gasteiger partial charge in [0.2, 0.25) is 0 Å². The average Bonchev–Trinajstić information content (AvgIpc) is 2.71. The van der Waals surface area contributed by atoms with Crippen molar-refractivity contribution in [1.29, 1.82) is 0 Å². The maximum atomic E-state index is 13.1. The Morgan fingerprint density at radius 3 is 2.14 bits per heavy atom. The SMILES string of the molecule is CN(C)C(=O)c1ccc(N2C(=O)c3cccc4c([N+](=O)[O-])ccc(c34)C2=O)cc1. The molecule has 8 heteroatoms. The van der Waals surface area contributed by atoms with Gasteiger partial charge in [0, 0.05) is 42.2 Å². The van der Waals surface area contributed by atoms with Gasteiger partial charge >= 0.3 is 0 Å². The van der Waals surface area contributed by atoms with Crippen LogP contribution in [0, 0.1) is 10.1 Å². The highest BCUT2D eigenvalue weighted by atomic mass is 16.6. The summed E-state index contributed by atoms with van der Waals surface area (Å²) >= 11 is 0. The largest absolute Gasteiger partial charge is 0.345 e. The van der Waals surface area contributed by atoms with Gasteiger partial charge in [0.15, 0.2) is 0 Å². The molecule has 0 aromatic heterocycles. The summed E-state index contributed by atoms with van der Waals surface area (Å²) in [5.41, 5.74) is 1.01. The van der Waals surface area contributed by atoms with Gasteiger partial charge in [-0.15, -0.1) is 0 Å². The zero-order chi connectivity index (χ0) is 20.9. The summed E-state index contributed by atoms with van der Waals surface area (Å²) < 4.78 is 0. The van der Waals surface area contributed by atoms with Crippen LogP contribution in [-0.4, -0.2) is 41.6 Å². The van der Waals surface area contributed by atoms with Crippen LogP contribution in [-0.2, 0) is 0 Å². The maximum absolute atomic E-state index is 13.1. The Hall–Kier alpha value is -4.07. The molecule has 0 aliphatic carbocycles. The quantitative estimate of drug-likeness (QED) is 0.389. The lowest BCUT2D eigenvalue weighted by Crippen LogP contribution is -2.40. The fraction of sp³-hybridized carbons (Fsp3) is 0.0952. The fourth-order valence-corrected chi connectivity index (χ4v) is 3.49. The molecule has 3 amide bonds. The van der Waals surface area contributed by atoms with Crippen molar-refractivity contribution in [2.45, 2.75) is 0 Å². The number of non-ortho nitro benzene ring substituents is 1. The number of nitro groups is 1. The zero-order valence-electron chi connectivity index (χ0n) is 15.6. The summed E-state index contributed by atoms with van der Waals surface area (Å²) in [4.78, 5) is 51.5. The number of benzene rings is 3. The van der Waals surface area contributed by atoms with Crippen molar-refractivity contribution >= 4 is 39.9 Å². The maximum Gasteiger partial charge on any atom is 0.277 e. The topological polar surface area (TPSA) is 101 Å². The van der Waals surface area contributed by atoms with Gasteiger partial charge in [-0.3, -0.25) is 24.5 Å². The Morgan fingerprint density at radius 1 is 0.931 bits per heavy atom. The van der Waals surface area contributed by atoms with Gasteiger partial charge in [0.05, 0.1) is 16.0 Å². The van der Waals surface area contributed by atoms with E-state index in [1.165, 1.54) is 35.2 Å². The molecule has 3 aromatic carbocycles. The molecule has 3 aromatic rings. The summed E-state index contributed by atoms with van der Waals surface area (Å²) in [7, 11) is 3.26. The molecule has 0 saturated heterocycles. The number of hydrogen-bond acceptors (Lipinski definition) is 5. The second-order valence-corrected chi connectivity index (χ2v) is 6.81. The van der Waals surface area contributed by atoms with Crippen LogP contribution in [0.2, 0.25) is 0 Å². The van der Waals surface area contributed by atoms with E-state index >= 15 is 0 Å². The molecule has 1 heterocycles. The van der Waals surface area contributed by atoms with Crippen LogP contribution in [0.25, 0.3) is 10.8 Å². The first-order valence-corrected chi connectivity index (χ1v) is 8.72. The van der Waals surface area contributed by atoms with Crippen molar-refractivity contribution in [3.05, 3.63) is 81.4 Å². The number of amides is 3. The van der Waals surface area contributed by atoms with E-state index in [2.05, 4.69) is 0 Å². The number of nitrogens with zero attached hydrogens (tertiary/aromatic N) is 3. The third-order valence-corrected chi connectivity index (χ3v) is 4.86. The number of carbonyl (C=O) groups is 3. The van der Waals surface area contributed by atoms with Crippen molar-refractivity contribution in [2.24, 2.45) is 0 Å². The molecule has 0 radical (unpaired) electrons. The van der Waals surface area contributed by atoms with Gasteiger partial charge in [-0.2, -0.15) is 0 Å². The van der Waals surface area contributed by atoms with Gasteiger partial charge in [0.1, 0.15) is 0 Å². The highest BCUT2D eigenvalue weighted by Crippen LogP contribution is 2.36. The molecule has 0 unspecified atom stereocenters. The standard InChI is InChI=1S/C21H15N3O5/c1-22(2)19(25)12-6-8-13(9-7-12)23-20(26)15-5-3-4-14-17(24(28)29)11-10-16(18(14)15)21(23)27/h3-11H,1-2H3. The normalized spacial score (nSPS) is 13.0. The van der Waals surface area contributed by atoms with Crippen molar-refractivity contribution in [3.8, 4) is 0 Å². The van der Waals surface area contributed by atoms with Crippen molar-refractivity contribution in [1.82, 2.24) is 4.90 Å². The molecule has 0 N–H and O–H groups in total. The molecule has 1 aliphatic heterocycles. The minimum absolute atomic E-state index is 0.161. The Labute approximate surface area is 165 Å². The molecular weight excluding hydrogens is 374 g/mol. The minimum atomic E-state index is -0.569. The number of imide groups is 1. The molecule has 0 spiro atoms. The van der Waals surface area contributed by atoms with Crippen LogP contribution >= 0.6 is 0 Å². The summed E-state index contributed by atoms with van der Waals surface area (Å²) in [5, 5.41) is 11.9. The number of hydrogen-bond donors (Lipinski definition) is 0. The lowest BCUT2D eigenvalue weighted by molar-refractivity contribution is -0.383. The van der Waals surface area contributed by atoms with E-state index in [-0.39, 0.29) is 33.5 Å². The molecule has 0 atom stereocenters. The van der Waals surface area contributed by atoms with Crippen LogP contribution in [0.5, 0.6) is 0 Å². The number of carbonyl (C=O) groups excluding carboxylic acids is 3. The van der Waals surface area contributed by atoms with Crippen LogP contribution in [0.4, 0.5) is 11.4 Å². The first-order chi connectivity index (χ1) is 13.8. The van der Waals surface area contributed by atoms with Crippen molar-refractivity contribution in [2.75, 3.05) is 19.0 Å². The van der Waals surface area contributed by atoms with E-state index < -0.39 is 16.7 Å². The molecule has 0 bridgehead atoms. The second-order valence-electron chi connectivity index (χ2n) is 6.81. The van der Waals surface area contributed by atoms with E-state index in [0.29, 0.717) is 11.3 Å². The van der Waals surface area contributed by atoms with E-state index in [1.807, 2.05) is 0 Å². The molecule has 8 nitrogen and oxygen atoms in total. The van der Waals surface area contributed by atoms with Gasteiger partial charge in [-0.25, -0.2) is 4.90 Å². The predicted molar refractivity (Wildman–Crippen MR) is 106 cm³/mol. The predicted octanol–water partition coefficient (Wildman–Crippen LogP) is 3.25. The zero-order valence-corrected chi connectivity index (χ0v) is 15.6. The minimum Gasteiger partial charge on any atom is -0.345 e. The van der Waals surface area contributed by atoms with Crippen molar-refractivity contribution < 1.29 is 19.3 Å². The summed E-state index contributed by atoms with van der Waals surface area (Å²) in [6.45, 7) is 0. The number of nitro benzene ring substituents is 1. The first kappa shape index (κ1) is 18.3. The lowest BCUT2D eigenvalue weighted by Gasteiger charge is -2.27. The van der Waals surface area contributed by atoms with Crippen LogP contribution in [0.15, 0.2) is 54.6 Å². The molecule has 144 valence electrons. The molecule has 0 saturated carbocycles. The highest BCUT2D eigenvalue weighted by Gasteiger charge is 2.35. The summed E-state index contributed by atoms with van der Waals surface area (Å²) in [5.74, 6) is -1.34. The fourth-order valence-electron chi connectivity index (χ4n) is 3.49. The van der Waals surface area contributed by atoms with E-state index in [4.69, 9.17) is 0 Å². The van der Waals surface area contributed by atoms with E-state index in [0.717, 1.165) is 4.90 Å². The van der Waals surface area contributed by atoms with Crippen LogP contribution < -0.4 is 4.90 Å². The first-order valence-electron chi connectivity index (χ1n) is 8.72. The van der Waals surface area contributed by atoms with Crippen LogP contribution in [0.1, 0.15) is 31.1 Å². The van der Waals surface area contributed by atoms with E-state index in [1.54, 1.807) is 38.4 Å². The summed E-state index contributed by atoms with van der Waals surface area (Å²) in [6.07, 6.45) is 0. The molecular formula is C21H15N3O5. The van der Waals surface area contributed by atoms with E-state index in [9.17, 15) is 24.5 Å². The van der Waals surface area contributed by atoms with Gasteiger partial charge < -0.3 is 4.90 Å². The Bertz CT molecular complexity index is 1190. The van der Waals surface area contributed by atoms with Gasteiger partial charge in [-0.05, 0) is 42.5 Å². The van der Waals surface area contributed by atoms with Gasteiger partial charge in [-0.1, -0.05) is 6.07 Å². The number of rotatable bonds is 3. The highest BCUT2D eigenvalue weighted by molar-refractivity contribution is 6.36.